The van der Waals surface area contributed by atoms with Crippen LogP contribution in [0.25, 0.3) is 0 Å². The van der Waals surface area contributed by atoms with Crippen molar-refractivity contribution in [3.05, 3.63) is 65.7 Å². The molecule has 7 nitrogen and oxygen atoms in total. The van der Waals surface area contributed by atoms with E-state index in [-0.39, 0.29) is 12.4 Å². The molecule has 0 radical (unpaired) electrons. The molecule has 0 aliphatic rings. The minimum atomic E-state index is -0.329. The second-order valence-electron chi connectivity index (χ2n) is 5.35. The Balaban J connectivity index is 1.47. The zero-order valence-electron chi connectivity index (χ0n) is 14.2. The monoisotopic (exact) mass is 385 g/mol. The first kappa shape index (κ1) is 18.5. The first-order valence-corrected chi connectivity index (χ1v) is 8.98. The van der Waals surface area contributed by atoms with E-state index in [1.807, 2.05) is 0 Å². The number of rotatable bonds is 8. The second-order valence-corrected chi connectivity index (χ2v) is 6.41. The fourth-order valence-corrected chi connectivity index (χ4v) is 2.82. The minimum absolute atomic E-state index is 0.118. The van der Waals surface area contributed by atoms with Crippen LogP contribution in [-0.2, 0) is 6.61 Å². The van der Waals surface area contributed by atoms with Crippen LogP contribution < -0.4 is 15.3 Å². The summed E-state index contributed by atoms with van der Waals surface area (Å²) in [6.07, 6.45) is 0. The van der Waals surface area contributed by atoms with E-state index in [1.54, 1.807) is 24.3 Å². The van der Waals surface area contributed by atoms with Gasteiger partial charge in [0.15, 0.2) is 5.82 Å². The van der Waals surface area contributed by atoms with Crippen LogP contribution in [0.1, 0.15) is 11.4 Å². The van der Waals surface area contributed by atoms with E-state index in [4.69, 9.17) is 20.6 Å². The summed E-state index contributed by atoms with van der Waals surface area (Å²) in [6.45, 7) is 0.543. The molecule has 0 atom stereocenters. The lowest BCUT2D eigenvalue weighted by Gasteiger charge is -2.07. The molecule has 9 heteroatoms. The summed E-state index contributed by atoms with van der Waals surface area (Å²) in [4.78, 5) is 0. The molecule has 1 heterocycles. The average Bonchev–Trinajstić information content (AvgIpc) is 3.04. The van der Waals surface area contributed by atoms with Gasteiger partial charge in [-0.2, -0.15) is 5.26 Å². The highest BCUT2D eigenvalue weighted by molar-refractivity contribution is 7.99. The van der Waals surface area contributed by atoms with Crippen molar-refractivity contribution in [1.29, 1.82) is 5.26 Å². The molecule has 0 aliphatic carbocycles. The van der Waals surface area contributed by atoms with Crippen LogP contribution >= 0.6 is 11.8 Å². The van der Waals surface area contributed by atoms with Gasteiger partial charge in [-0.05, 0) is 42.5 Å². The van der Waals surface area contributed by atoms with Gasteiger partial charge in [0.1, 0.15) is 23.9 Å². The lowest BCUT2D eigenvalue weighted by atomic mass is 10.2. The van der Waals surface area contributed by atoms with Gasteiger partial charge in [0.25, 0.3) is 0 Å². The van der Waals surface area contributed by atoms with Crippen molar-refractivity contribution in [1.82, 2.24) is 14.9 Å². The van der Waals surface area contributed by atoms with Gasteiger partial charge < -0.3 is 15.3 Å². The van der Waals surface area contributed by atoms with E-state index in [1.165, 1.54) is 40.7 Å². The molecule has 0 fully saturated rings. The number of halogens is 1. The fourth-order valence-electron chi connectivity index (χ4n) is 2.13. The van der Waals surface area contributed by atoms with Crippen molar-refractivity contribution in [2.45, 2.75) is 11.8 Å². The third-order valence-corrected chi connectivity index (χ3v) is 4.37. The predicted octanol–water partition coefficient (Wildman–Crippen LogP) is 2.75. The Morgan fingerprint density at radius 3 is 2.70 bits per heavy atom. The summed E-state index contributed by atoms with van der Waals surface area (Å²) in [7, 11) is 0. The van der Waals surface area contributed by atoms with Crippen LogP contribution in [-0.4, -0.2) is 27.2 Å². The number of ether oxygens (including phenoxy) is 2. The Hall–Kier alpha value is -3.25. The van der Waals surface area contributed by atoms with Crippen LogP contribution in [0, 0.1) is 17.1 Å². The van der Waals surface area contributed by atoms with Gasteiger partial charge in [-0.15, -0.1) is 10.2 Å². The summed E-state index contributed by atoms with van der Waals surface area (Å²) in [5.74, 6) is 7.85. The summed E-state index contributed by atoms with van der Waals surface area (Å²) in [6, 6.07) is 14.7. The van der Waals surface area contributed by atoms with Crippen LogP contribution in [0.2, 0.25) is 0 Å². The highest BCUT2D eigenvalue weighted by Crippen LogP contribution is 2.18. The molecule has 27 heavy (non-hydrogen) atoms. The van der Waals surface area contributed by atoms with Gasteiger partial charge in [-0.3, -0.25) is 0 Å². The lowest BCUT2D eigenvalue weighted by Crippen LogP contribution is -2.16. The molecule has 0 saturated carbocycles. The summed E-state index contributed by atoms with van der Waals surface area (Å²) < 4.78 is 25.4. The van der Waals surface area contributed by atoms with Gasteiger partial charge in [0.2, 0.25) is 5.16 Å². The van der Waals surface area contributed by atoms with Crippen molar-refractivity contribution in [3.63, 3.8) is 0 Å². The SMILES string of the molecule is N#Cc1cccc(OCCSc2nnc(COc3ccc(F)cc3)n2N)c1. The molecule has 3 aromatic rings. The molecular formula is C18H16FN5O2S. The van der Waals surface area contributed by atoms with Crippen LogP contribution in [0.15, 0.2) is 53.7 Å². The van der Waals surface area contributed by atoms with Gasteiger partial charge >= 0.3 is 0 Å². The van der Waals surface area contributed by atoms with E-state index >= 15 is 0 Å². The third kappa shape index (κ3) is 5.12. The van der Waals surface area contributed by atoms with Crippen LogP contribution in [0.5, 0.6) is 11.5 Å². The van der Waals surface area contributed by atoms with Gasteiger partial charge in [0.05, 0.1) is 18.2 Å². The fraction of sp³-hybridized carbons (Fsp3) is 0.167. The molecule has 0 bridgehead atoms. The van der Waals surface area contributed by atoms with Crippen molar-refractivity contribution in [3.8, 4) is 17.6 Å². The maximum Gasteiger partial charge on any atom is 0.210 e. The first-order chi connectivity index (χ1) is 13.2. The highest BCUT2D eigenvalue weighted by Gasteiger charge is 2.11. The van der Waals surface area contributed by atoms with Crippen LogP contribution in [0.4, 0.5) is 4.39 Å². The van der Waals surface area contributed by atoms with Gasteiger partial charge in [0, 0.05) is 5.75 Å². The topological polar surface area (TPSA) is 99.0 Å². The highest BCUT2D eigenvalue weighted by atomic mass is 32.2. The normalized spacial score (nSPS) is 10.4. The molecular weight excluding hydrogens is 369 g/mol. The number of nitriles is 1. The Kier molecular flexibility index (Phi) is 6.12. The molecule has 1 aromatic heterocycles. The van der Waals surface area contributed by atoms with E-state index < -0.39 is 0 Å². The maximum absolute atomic E-state index is 12.9. The summed E-state index contributed by atoms with van der Waals surface area (Å²) in [5, 5.41) is 17.4. The third-order valence-electron chi connectivity index (χ3n) is 3.46. The summed E-state index contributed by atoms with van der Waals surface area (Å²) in [5.41, 5.74) is 0.549. The van der Waals surface area contributed by atoms with Crippen molar-refractivity contribution >= 4 is 11.8 Å². The molecule has 0 unspecified atom stereocenters. The Morgan fingerprint density at radius 2 is 1.93 bits per heavy atom. The van der Waals surface area contributed by atoms with Crippen molar-refractivity contribution < 1.29 is 13.9 Å². The zero-order chi connectivity index (χ0) is 19.1. The number of thioether (sulfide) groups is 1. The van der Waals surface area contributed by atoms with Gasteiger partial charge in [-0.25, -0.2) is 9.07 Å². The predicted molar refractivity (Wildman–Crippen MR) is 98.3 cm³/mol. The minimum Gasteiger partial charge on any atom is -0.493 e. The molecule has 2 aromatic carbocycles. The lowest BCUT2D eigenvalue weighted by molar-refractivity contribution is 0.291. The Bertz CT molecular complexity index is 940. The maximum atomic E-state index is 12.9. The first-order valence-electron chi connectivity index (χ1n) is 7.99. The van der Waals surface area contributed by atoms with Gasteiger partial charge in [-0.1, -0.05) is 17.8 Å². The number of nitrogens with zero attached hydrogens (tertiary/aromatic N) is 4. The number of benzene rings is 2. The number of nitrogen functional groups attached to an aromatic ring is 1. The van der Waals surface area contributed by atoms with E-state index in [0.29, 0.717) is 40.4 Å². The Labute approximate surface area is 159 Å². The largest absolute Gasteiger partial charge is 0.493 e. The number of hydrogen-bond donors (Lipinski definition) is 1. The standard InChI is InChI=1S/C18H16FN5O2S/c19-14-4-6-15(7-5-14)26-12-17-22-23-18(24(17)21)27-9-8-25-16-3-1-2-13(10-16)11-20/h1-7,10H,8-9,12,21H2. The molecule has 138 valence electrons. The number of nitrogens with two attached hydrogens (primary N) is 1. The molecule has 0 saturated heterocycles. The van der Waals surface area contributed by atoms with Crippen LogP contribution in [0.3, 0.4) is 0 Å². The van der Waals surface area contributed by atoms with E-state index in [9.17, 15) is 4.39 Å². The summed E-state index contributed by atoms with van der Waals surface area (Å²) >= 11 is 1.39. The quantitative estimate of drug-likeness (QED) is 0.362. The van der Waals surface area contributed by atoms with Crippen molar-refractivity contribution in [2.24, 2.45) is 0 Å². The molecule has 0 spiro atoms. The smallest absolute Gasteiger partial charge is 0.210 e. The second kappa shape index (κ2) is 8.91. The Morgan fingerprint density at radius 1 is 1.11 bits per heavy atom. The molecule has 0 aliphatic heterocycles. The van der Waals surface area contributed by atoms with Crippen molar-refractivity contribution in [2.75, 3.05) is 18.2 Å². The number of hydrogen-bond acceptors (Lipinski definition) is 7. The van der Waals surface area contributed by atoms with E-state index in [0.717, 1.165) is 0 Å². The number of aromatic nitrogens is 3. The van der Waals surface area contributed by atoms with E-state index in [2.05, 4.69) is 16.3 Å². The zero-order valence-corrected chi connectivity index (χ0v) is 15.0. The molecule has 3 rings (SSSR count). The average molecular weight is 385 g/mol. The molecule has 2 N–H and O–H groups in total. The molecule has 0 amide bonds.